The number of nitrogens with zero attached hydrogens (tertiary/aromatic N) is 2. The van der Waals surface area contributed by atoms with E-state index in [4.69, 9.17) is 4.74 Å². The van der Waals surface area contributed by atoms with Crippen molar-refractivity contribution in [3.8, 4) is 0 Å². The molecular formula is C23H37N3O3. The van der Waals surface area contributed by atoms with E-state index in [0.717, 1.165) is 64.3 Å². The van der Waals surface area contributed by atoms with Crippen LogP contribution < -0.4 is 5.32 Å². The molecule has 1 heterocycles. The van der Waals surface area contributed by atoms with Gasteiger partial charge in [-0.15, -0.1) is 0 Å². The molecule has 2 amide bonds. The van der Waals surface area contributed by atoms with Crippen molar-refractivity contribution in [2.24, 2.45) is 0 Å². The molecule has 1 fully saturated rings. The van der Waals surface area contributed by atoms with Crippen LogP contribution in [0.3, 0.4) is 0 Å². The van der Waals surface area contributed by atoms with Crippen molar-refractivity contribution in [3.05, 3.63) is 35.4 Å². The van der Waals surface area contributed by atoms with E-state index in [2.05, 4.69) is 36.2 Å². The molecule has 1 saturated heterocycles. The summed E-state index contributed by atoms with van der Waals surface area (Å²) in [6, 6.07) is 8.38. The number of hydrogen-bond acceptors (Lipinski definition) is 4. The van der Waals surface area contributed by atoms with E-state index < -0.39 is 0 Å². The third-order valence-corrected chi connectivity index (χ3v) is 5.13. The van der Waals surface area contributed by atoms with Gasteiger partial charge in [0.2, 0.25) is 11.8 Å². The van der Waals surface area contributed by atoms with Crippen LogP contribution in [-0.4, -0.2) is 61.0 Å². The number of carbonyl (C=O) groups is 2. The Labute approximate surface area is 175 Å². The van der Waals surface area contributed by atoms with Crippen LogP contribution >= 0.6 is 0 Å². The van der Waals surface area contributed by atoms with Crippen LogP contribution in [-0.2, 0) is 27.4 Å². The zero-order valence-corrected chi connectivity index (χ0v) is 18.1. The summed E-state index contributed by atoms with van der Waals surface area (Å²) in [5.74, 6) is 0.172. The van der Waals surface area contributed by atoms with Crippen LogP contribution in [0.1, 0.15) is 57.1 Å². The SMILES string of the molecule is CCCN(CCC)C(=O)CCCC(=O)NCc1cccc(CN2CCOCC2)c1. The molecule has 0 spiro atoms. The third-order valence-electron chi connectivity index (χ3n) is 5.13. The lowest BCUT2D eigenvalue weighted by molar-refractivity contribution is -0.131. The predicted molar refractivity (Wildman–Crippen MR) is 115 cm³/mol. The van der Waals surface area contributed by atoms with Gasteiger partial charge in [0.25, 0.3) is 0 Å². The van der Waals surface area contributed by atoms with E-state index in [-0.39, 0.29) is 11.8 Å². The molecule has 6 nitrogen and oxygen atoms in total. The average Bonchev–Trinajstić information content (AvgIpc) is 2.73. The van der Waals surface area contributed by atoms with Crippen molar-refractivity contribution in [3.63, 3.8) is 0 Å². The number of benzene rings is 1. The van der Waals surface area contributed by atoms with Gasteiger partial charge in [-0.05, 0) is 30.4 Å². The number of morpholine rings is 1. The van der Waals surface area contributed by atoms with Gasteiger partial charge in [-0.25, -0.2) is 0 Å². The zero-order valence-electron chi connectivity index (χ0n) is 18.1. The van der Waals surface area contributed by atoms with Gasteiger partial charge in [-0.2, -0.15) is 0 Å². The highest BCUT2D eigenvalue weighted by molar-refractivity contribution is 5.79. The summed E-state index contributed by atoms with van der Waals surface area (Å²) in [6.45, 7) is 10.7. The zero-order chi connectivity index (χ0) is 20.9. The van der Waals surface area contributed by atoms with Gasteiger partial charge in [0.15, 0.2) is 0 Å². The molecule has 1 aliphatic rings. The fourth-order valence-electron chi connectivity index (χ4n) is 3.60. The van der Waals surface area contributed by atoms with E-state index >= 15 is 0 Å². The maximum absolute atomic E-state index is 12.3. The molecule has 0 unspecified atom stereocenters. The lowest BCUT2D eigenvalue weighted by Gasteiger charge is -2.26. The molecule has 29 heavy (non-hydrogen) atoms. The second kappa shape index (κ2) is 13.3. The highest BCUT2D eigenvalue weighted by Crippen LogP contribution is 2.10. The summed E-state index contributed by atoms with van der Waals surface area (Å²) in [5, 5.41) is 2.99. The second-order valence-corrected chi connectivity index (χ2v) is 7.72. The van der Waals surface area contributed by atoms with Gasteiger partial charge in [0, 0.05) is 52.1 Å². The predicted octanol–water partition coefficient (Wildman–Crippen LogP) is 2.95. The normalized spacial score (nSPS) is 14.6. The summed E-state index contributed by atoms with van der Waals surface area (Å²) < 4.78 is 5.40. The van der Waals surface area contributed by atoms with Crippen LogP contribution in [0.4, 0.5) is 0 Å². The Morgan fingerprint density at radius 3 is 2.45 bits per heavy atom. The Morgan fingerprint density at radius 1 is 1.07 bits per heavy atom. The summed E-state index contributed by atoms with van der Waals surface area (Å²) in [4.78, 5) is 28.7. The van der Waals surface area contributed by atoms with Crippen molar-refractivity contribution in [1.82, 2.24) is 15.1 Å². The van der Waals surface area contributed by atoms with E-state index in [1.807, 2.05) is 17.0 Å². The molecule has 0 radical (unpaired) electrons. The molecule has 6 heteroatoms. The lowest BCUT2D eigenvalue weighted by Crippen LogP contribution is -2.35. The molecule has 0 bridgehead atoms. The molecule has 162 valence electrons. The van der Waals surface area contributed by atoms with Crippen LogP contribution in [0.5, 0.6) is 0 Å². The fourth-order valence-corrected chi connectivity index (χ4v) is 3.60. The van der Waals surface area contributed by atoms with Gasteiger partial charge in [0.05, 0.1) is 13.2 Å². The Balaban J connectivity index is 1.69. The minimum Gasteiger partial charge on any atom is -0.379 e. The first-order chi connectivity index (χ1) is 14.1. The molecule has 0 aromatic heterocycles. The van der Waals surface area contributed by atoms with Crippen LogP contribution in [0, 0.1) is 0 Å². The first-order valence-electron chi connectivity index (χ1n) is 11.0. The van der Waals surface area contributed by atoms with E-state index in [1.54, 1.807) is 0 Å². The van der Waals surface area contributed by atoms with Crippen LogP contribution in [0.25, 0.3) is 0 Å². The molecule has 0 saturated carbocycles. The highest BCUT2D eigenvalue weighted by Gasteiger charge is 2.13. The average molecular weight is 404 g/mol. The molecule has 1 aromatic carbocycles. The van der Waals surface area contributed by atoms with Gasteiger partial charge in [-0.1, -0.05) is 38.1 Å². The number of carbonyl (C=O) groups excluding carboxylic acids is 2. The van der Waals surface area contributed by atoms with E-state index in [0.29, 0.717) is 25.8 Å². The van der Waals surface area contributed by atoms with E-state index in [9.17, 15) is 9.59 Å². The minimum atomic E-state index is 0.00825. The molecule has 1 aromatic rings. The first kappa shape index (κ1) is 23.4. The Morgan fingerprint density at radius 2 is 1.76 bits per heavy atom. The number of ether oxygens (including phenoxy) is 1. The van der Waals surface area contributed by atoms with Gasteiger partial charge < -0.3 is 15.0 Å². The molecule has 2 rings (SSSR count). The van der Waals surface area contributed by atoms with Crippen molar-refractivity contribution < 1.29 is 14.3 Å². The second-order valence-electron chi connectivity index (χ2n) is 7.72. The van der Waals surface area contributed by atoms with Crippen LogP contribution in [0.2, 0.25) is 0 Å². The van der Waals surface area contributed by atoms with Crippen molar-refractivity contribution >= 4 is 11.8 Å². The molecular weight excluding hydrogens is 366 g/mol. The standard InChI is InChI=1S/C23H37N3O3/c1-3-11-26(12-4-2)23(28)10-6-9-22(27)24-18-20-7-5-8-21(17-20)19-25-13-15-29-16-14-25/h5,7-8,17H,3-4,6,9-16,18-19H2,1-2H3,(H,24,27). The smallest absolute Gasteiger partial charge is 0.222 e. The van der Waals surface area contributed by atoms with Crippen molar-refractivity contribution in [2.75, 3.05) is 39.4 Å². The van der Waals surface area contributed by atoms with Gasteiger partial charge in [-0.3, -0.25) is 14.5 Å². The van der Waals surface area contributed by atoms with Gasteiger partial charge >= 0.3 is 0 Å². The topological polar surface area (TPSA) is 61.9 Å². The largest absolute Gasteiger partial charge is 0.379 e. The number of amides is 2. The number of nitrogens with one attached hydrogen (secondary N) is 1. The maximum atomic E-state index is 12.3. The summed E-state index contributed by atoms with van der Waals surface area (Å²) in [5.41, 5.74) is 2.37. The highest BCUT2D eigenvalue weighted by atomic mass is 16.5. The van der Waals surface area contributed by atoms with Crippen molar-refractivity contribution in [2.45, 2.75) is 59.0 Å². The van der Waals surface area contributed by atoms with Crippen molar-refractivity contribution in [1.29, 1.82) is 0 Å². The Kier molecular flexibility index (Phi) is 10.7. The fraction of sp³-hybridized carbons (Fsp3) is 0.652. The summed E-state index contributed by atoms with van der Waals surface area (Å²) in [6.07, 6.45) is 3.38. The monoisotopic (exact) mass is 403 g/mol. The maximum Gasteiger partial charge on any atom is 0.222 e. The van der Waals surface area contributed by atoms with E-state index in [1.165, 1.54) is 5.56 Å². The van der Waals surface area contributed by atoms with Crippen LogP contribution in [0.15, 0.2) is 24.3 Å². The molecule has 1 aliphatic heterocycles. The molecule has 1 N–H and O–H groups in total. The Hall–Kier alpha value is -1.92. The Bertz CT molecular complexity index is 624. The first-order valence-corrected chi connectivity index (χ1v) is 11.0. The summed E-state index contributed by atoms with van der Waals surface area (Å²) in [7, 11) is 0. The van der Waals surface area contributed by atoms with Gasteiger partial charge in [0.1, 0.15) is 0 Å². The molecule has 0 atom stereocenters. The number of rotatable bonds is 12. The molecule has 0 aliphatic carbocycles. The quantitative estimate of drug-likeness (QED) is 0.583. The third kappa shape index (κ3) is 8.96. The minimum absolute atomic E-state index is 0.00825. The lowest BCUT2D eigenvalue weighted by atomic mass is 10.1. The summed E-state index contributed by atoms with van der Waals surface area (Å²) >= 11 is 0. The number of hydrogen-bond donors (Lipinski definition) is 1.